The van der Waals surface area contributed by atoms with Crippen LogP contribution in [0.1, 0.15) is 47.8 Å². The van der Waals surface area contributed by atoms with Gasteiger partial charge in [-0.25, -0.2) is 4.68 Å². The molecular formula is C24H26N6O. The van der Waals surface area contributed by atoms with Gasteiger partial charge in [-0.05, 0) is 71.9 Å². The molecule has 0 saturated carbocycles. The van der Waals surface area contributed by atoms with Crippen molar-refractivity contribution in [1.29, 1.82) is 0 Å². The minimum absolute atomic E-state index is 0.0806. The van der Waals surface area contributed by atoms with E-state index < -0.39 is 0 Å². The van der Waals surface area contributed by atoms with E-state index in [1.807, 2.05) is 41.9 Å². The molecule has 0 spiro atoms. The third-order valence-corrected chi connectivity index (χ3v) is 6.06. The lowest BCUT2D eigenvalue weighted by Gasteiger charge is -2.33. The van der Waals surface area contributed by atoms with Crippen LogP contribution in [0.15, 0.2) is 59.4 Å². The average Bonchev–Trinajstić information content (AvgIpc) is 3.23. The number of aryl methyl sites for hydroxylation is 1. The van der Waals surface area contributed by atoms with Crippen LogP contribution in [0.3, 0.4) is 0 Å². The van der Waals surface area contributed by atoms with Gasteiger partial charge in [-0.3, -0.25) is 9.69 Å². The van der Waals surface area contributed by atoms with Crippen molar-refractivity contribution in [2.24, 2.45) is 0 Å². The summed E-state index contributed by atoms with van der Waals surface area (Å²) >= 11 is 0. The summed E-state index contributed by atoms with van der Waals surface area (Å²) in [7, 11) is 0. The number of hydrogen-bond acceptors (Lipinski definition) is 5. The molecule has 3 heterocycles. The van der Waals surface area contributed by atoms with E-state index in [9.17, 15) is 4.79 Å². The molecule has 0 unspecified atom stereocenters. The zero-order chi connectivity index (χ0) is 21.2. The lowest BCUT2D eigenvalue weighted by atomic mass is 10.00. The van der Waals surface area contributed by atoms with Crippen molar-refractivity contribution in [2.45, 2.75) is 38.8 Å². The van der Waals surface area contributed by atoms with Crippen molar-refractivity contribution >= 4 is 10.9 Å². The predicted octanol–water partition coefficient (Wildman–Crippen LogP) is 3.45. The Morgan fingerprint density at radius 2 is 1.84 bits per heavy atom. The second kappa shape index (κ2) is 8.43. The number of fused-ring (bicyclic) bond motifs is 1. The molecule has 158 valence electrons. The second-order valence-corrected chi connectivity index (χ2v) is 8.32. The molecule has 2 aromatic carbocycles. The van der Waals surface area contributed by atoms with Gasteiger partial charge in [-0.15, -0.1) is 5.10 Å². The van der Waals surface area contributed by atoms with Gasteiger partial charge in [0.2, 0.25) is 0 Å². The highest BCUT2D eigenvalue weighted by Crippen LogP contribution is 2.29. The molecule has 1 aliphatic rings. The van der Waals surface area contributed by atoms with Crippen LogP contribution >= 0.6 is 0 Å². The largest absolute Gasteiger partial charge is 0.322 e. The first kappa shape index (κ1) is 19.6. The number of benzene rings is 2. The highest BCUT2D eigenvalue weighted by Gasteiger charge is 2.31. The summed E-state index contributed by atoms with van der Waals surface area (Å²) in [6.07, 6.45) is 3.44. The van der Waals surface area contributed by atoms with E-state index in [1.54, 1.807) is 0 Å². The molecule has 0 aliphatic carbocycles. The summed E-state index contributed by atoms with van der Waals surface area (Å²) in [6.45, 7) is 4.45. The maximum absolute atomic E-state index is 13.2. The molecule has 7 heteroatoms. The maximum Gasteiger partial charge on any atom is 0.253 e. The Hall–Kier alpha value is -3.32. The SMILES string of the molecule is Cc1ccc2cc([C@@H](c3nnnn3Cc3ccccc3)N3CCCCC3)c(=O)[nH]c2c1. The number of nitrogens with one attached hydrogen (secondary N) is 1. The van der Waals surface area contributed by atoms with Crippen LogP contribution in [0.25, 0.3) is 10.9 Å². The number of nitrogens with zero attached hydrogens (tertiary/aromatic N) is 5. The van der Waals surface area contributed by atoms with Gasteiger partial charge < -0.3 is 4.98 Å². The standard InChI is InChI=1S/C24H26N6O/c1-17-10-11-19-15-20(24(31)25-21(19)14-17)22(29-12-6-3-7-13-29)23-26-27-28-30(23)16-18-8-4-2-5-9-18/h2,4-5,8-11,14-15,22H,3,6-7,12-13,16H2,1H3,(H,25,31)/t22-/m0/s1. The lowest BCUT2D eigenvalue weighted by molar-refractivity contribution is 0.177. The zero-order valence-corrected chi connectivity index (χ0v) is 17.7. The molecule has 1 aliphatic heterocycles. The van der Waals surface area contributed by atoms with Crippen LogP contribution in [-0.4, -0.2) is 43.2 Å². The molecule has 5 rings (SSSR count). The van der Waals surface area contributed by atoms with Crippen LogP contribution in [-0.2, 0) is 6.54 Å². The molecule has 0 amide bonds. The van der Waals surface area contributed by atoms with Gasteiger partial charge in [-0.1, -0.05) is 48.9 Å². The summed E-state index contributed by atoms with van der Waals surface area (Å²) in [4.78, 5) is 18.7. The minimum Gasteiger partial charge on any atom is -0.322 e. The van der Waals surface area contributed by atoms with E-state index in [-0.39, 0.29) is 11.6 Å². The third kappa shape index (κ3) is 4.01. The molecule has 31 heavy (non-hydrogen) atoms. The molecule has 0 radical (unpaired) electrons. The Labute approximate surface area is 180 Å². The number of H-pyrrole nitrogens is 1. The Kier molecular flexibility index (Phi) is 5.34. The summed E-state index contributed by atoms with van der Waals surface area (Å²) < 4.78 is 1.83. The normalized spacial score (nSPS) is 15.9. The van der Waals surface area contributed by atoms with E-state index >= 15 is 0 Å². The average molecular weight is 415 g/mol. The number of rotatable bonds is 5. The van der Waals surface area contributed by atoms with Crippen molar-refractivity contribution in [2.75, 3.05) is 13.1 Å². The van der Waals surface area contributed by atoms with Gasteiger partial charge >= 0.3 is 0 Å². The maximum atomic E-state index is 13.2. The van der Waals surface area contributed by atoms with Crippen molar-refractivity contribution in [3.8, 4) is 0 Å². The summed E-state index contributed by atoms with van der Waals surface area (Å²) in [5.41, 5.74) is 3.71. The monoisotopic (exact) mass is 414 g/mol. The Balaban J connectivity index is 1.62. The first-order chi connectivity index (χ1) is 15.2. The molecule has 1 N–H and O–H groups in total. The number of likely N-dealkylation sites (tertiary alicyclic amines) is 1. The third-order valence-electron chi connectivity index (χ3n) is 6.06. The topological polar surface area (TPSA) is 79.7 Å². The highest BCUT2D eigenvalue weighted by atomic mass is 16.1. The Morgan fingerprint density at radius 1 is 1.03 bits per heavy atom. The highest BCUT2D eigenvalue weighted by molar-refractivity contribution is 5.79. The number of piperidine rings is 1. The number of pyridine rings is 1. The lowest BCUT2D eigenvalue weighted by Crippen LogP contribution is -2.38. The molecule has 0 bridgehead atoms. The molecule has 2 aromatic heterocycles. The van der Waals surface area contributed by atoms with Crippen LogP contribution in [0.2, 0.25) is 0 Å². The van der Waals surface area contributed by atoms with Crippen molar-refractivity contribution in [3.05, 3.63) is 87.5 Å². The Bertz CT molecular complexity index is 1240. The fraction of sp³-hybridized carbons (Fsp3) is 0.333. The van der Waals surface area contributed by atoms with E-state index in [0.717, 1.165) is 48.0 Å². The second-order valence-electron chi connectivity index (χ2n) is 8.32. The first-order valence-electron chi connectivity index (χ1n) is 10.9. The molecule has 1 atom stereocenters. The van der Waals surface area contributed by atoms with Crippen LogP contribution < -0.4 is 5.56 Å². The smallest absolute Gasteiger partial charge is 0.253 e. The number of hydrogen-bond donors (Lipinski definition) is 1. The quantitative estimate of drug-likeness (QED) is 0.541. The van der Waals surface area contributed by atoms with Crippen molar-refractivity contribution in [3.63, 3.8) is 0 Å². The van der Waals surface area contributed by atoms with Crippen LogP contribution in [0.4, 0.5) is 0 Å². The van der Waals surface area contributed by atoms with Gasteiger partial charge in [0.25, 0.3) is 5.56 Å². The molecule has 4 aromatic rings. The minimum atomic E-state index is -0.284. The van der Waals surface area contributed by atoms with Crippen LogP contribution in [0, 0.1) is 6.92 Å². The molecular weight excluding hydrogens is 388 g/mol. The van der Waals surface area contributed by atoms with Gasteiger partial charge in [0.1, 0.15) is 6.04 Å². The number of aromatic amines is 1. The van der Waals surface area contributed by atoms with Crippen LogP contribution in [0.5, 0.6) is 0 Å². The summed E-state index contributed by atoms with van der Waals surface area (Å²) in [5.74, 6) is 0.711. The van der Waals surface area contributed by atoms with E-state index in [4.69, 9.17) is 0 Å². The van der Waals surface area contributed by atoms with E-state index in [1.165, 1.54) is 6.42 Å². The zero-order valence-electron chi connectivity index (χ0n) is 17.7. The van der Waals surface area contributed by atoms with E-state index in [2.05, 4.69) is 49.7 Å². The fourth-order valence-electron chi connectivity index (χ4n) is 4.49. The van der Waals surface area contributed by atoms with Gasteiger partial charge in [0.15, 0.2) is 5.82 Å². The van der Waals surface area contributed by atoms with E-state index in [0.29, 0.717) is 17.9 Å². The van der Waals surface area contributed by atoms with Gasteiger partial charge in [-0.2, -0.15) is 0 Å². The molecule has 1 fully saturated rings. The van der Waals surface area contributed by atoms with Crippen molar-refractivity contribution < 1.29 is 0 Å². The summed E-state index contributed by atoms with van der Waals surface area (Å²) in [5, 5.41) is 13.7. The number of tetrazole rings is 1. The first-order valence-corrected chi connectivity index (χ1v) is 10.9. The molecule has 7 nitrogen and oxygen atoms in total. The summed E-state index contributed by atoms with van der Waals surface area (Å²) in [6, 6.07) is 18.0. The van der Waals surface area contributed by atoms with Gasteiger partial charge in [0.05, 0.1) is 6.54 Å². The number of aromatic nitrogens is 5. The predicted molar refractivity (Wildman–Crippen MR) is 120 cm³/mol. The Morgan fingerprint density at radius 3 is 2.65 bits per heavy atom. The van der Waals surface area contributed by atoms with Crippen molar-refractivity contribution in [1.82, 2.24) is 30.1 Å². The fourth-order valence-corrected chi connectivity index (χ4v) is 4.49. The molecule has 1 saturated heterocycles. The van der Waals surface area contributed by atoms with Gasteiger partial charge in [0, 0.05) is 11.1 Å².